The lowest BCUT2D eigenvalue weighted by Gasteiger charge is -2.13. The number of benzene rings is 1. The van der Waals surface area contributed by atoms with Gasteiger partial charge >= 0.3 is 5.97 Å². The summed E-state index contributed by atoms with van der Waals surface area (Å²) in [4.78, 5) is 22.9. The fraction of sp³-hybridized carbons (Fsp3) is 0.333. The van der Waals surface area contributed by atoms with E-state index < -0.39 is 12.0 Å². The first-order valence-electron chi connectivity index (χ1n) is 6.32. The summed E-state index contributed by atoms with van der Waals surface area (Å²) in [5.41, 5.74) is 0.773. The van der Waals surface area contributed by atoms with Crippen LogP contribution in [0, 0.1) is 0 Å². The molecule has 0 fully saturated rings. The smallest absolute Gasteiger partial charge is 0.326 e. The van der Waals surface area contributed by atoms with E-state index in [0.29, 0.717) is 18.6 Å². The molecule has 20 heavy (non-hydrogen) atoms. The Hall–Kier alpha value is -2.30. The highest BCUT2D eigenvalue weighted by Gasteiger charge is 2.18. The van der Waals surface area contributed by atoms with E-state index in [1.54, 1.807) is 37.5 Å². The van der Waals surface area contributed by atoms with Crippen LogP contribution in [-0.2, 0) is 16.0 Å². The Morgan fingerprint density at radius 3 is 2.85 bits per heavy atom. The lowest BCUT2D eigenvalue weighted by Crippen LogP contribution is -2.41. The van der Waals surface area contributed by atoms with Gasteiger partial charge in [0.1, 0.15) is 11.8 Å². The number of rotatable bonds is 8. The molecule has 0 saturated carbocycles. The number of aliphatic carboxylic acids is 1. The lowest BCUT2D eigenvalue weighted by atomic mass is 10.1. The molecule has 1 atom stereocenters. The predicted octanol–water partition coefficient (Wildman–Crippen LogP) is 1.77. The van der Waals surface area contributed by atoms with Gasteiger partial charge in [-0.2, -0.15) is 0 Å². The molecule has 108 valence electrons. The lowest BCUT2D eigenvalue weighted by molar-refractivity contribution is -0.141. The van der Waals surface area contributed by atoms with E-state index in [1.807, 2.05) is 0 Å². The summed E-state index contributed by atoms with van der Waals surface area (Å²) >= 11 is 0. The third kappa shape index (κ3) is 5.14. The average Bonchev–Trinajstić information content (AvgIpc) is 2.43. The van der Waals surface area contributed by atoms with Crippen molar-refractivity contribution in [2.24, 2.45) is 0 Å². The number of carbonyl (C=O) groups is 2. The Morgan fingerprint density at radius 1 is 1.50 bits per heavy atom. The van der Waals surface area contributed by atoms with Gasteiger partial charge in [-0.3, -0.25) is 4.79 Å². The second-order valence-corrected chi connectivity index (χ2v) is 4.35. The molecule has 0 radical (unpaired) electrons. The summed E-state index contributed by atoms with van der Waals surface area (Å²) in [6.07, 6.45) is 2.62. The Labute approximate surface area is 118 Å². The van der Waals surface area contributed by atoms with Gasteiger partial charge in [0.2, 0.25) is 5.91 Å². The predicted molar refractivity (Wildman–Crippen MR) is 75.7 cm³/mol. The van der Waals surface area contributed by atoms with Crippen molar-refractivity contribution in [1.29, 1.82) is 0 Å². The zero-order valence-corrected chi connectivity index (χ0v) is 11.5. The normalized spacial score (nSPS) is 11.4. The highest BCUT2D eigenvalue weighted by molar-refractivity contribution is 5.84. The van der Waals surface area contributed by atoms with Crippen molar-refractivity contribution in [3.63, 3.8) is 0 Å². The number of hydrogen-bond donors (Lipinski definition) is 2. The first-order valence-corrected chi connectivity index (χ1v) is 6.32. The van der Waals surface area contributed by atoms with Gasteiger partial charge in [0.25, 0.3) is 0 Å². The second-order valence-electron chi connectivity index (χ2n) is 4.35. The number of methoxy groups -OCH3 is 1. The average molecular weight is 277 g/mol. The standard InChI is InChI=1S/C15H19NO4/c1-3-4-8-13(15(18)19)16-14(17)10-11-6-5-7-12(9-11)20-2/h3,5-7,9,13H,1,4,8,10H2,2H3,(H,16,17)(H,18,19). The topological polar surface area (TPSA) is 75.6 Å². The van der Waals surface area contributed by atoms with Gasteiger partial charge in [-0.1, -0.05) is 18.2 Å². The molecule has 0 aliphatic carbocycles. The third-order valence-electron chi connectivity index (χ3n) is 2.79. The molecular formula is C15H19NO4. The van der Waals surface area contributed by atoms with E-state index in [-0.39, 0.29) is 12.3 Å². The van der Waals surface area contributed by atoms with Crippen molar-refractivity contribution in [2.75, 3.05) is 7.11 Å². The minimum Gasteiger partial charge on any atom is -0.497 e. The molecule has 1 aromatic rings. The van der Waals surface area contributed by atoms with Gasteiger partial charge < -0.3 is 15.2 Å². The first-order chi connectivity index (χ1) is 9.56. The van der Waals surface area contributed by atoms with Crippen LogP contribution in [-0.4, -0.2) is 30.1 Å². The number of hydrogen-bond acceptors (Lipinski definition) is 3. The summed E-state index contributed by atoms with van der Waals surface area (Å²) < 4.78 is 5.07. The molecule has 1 amide bonds. The first kappa shape index (κ1) is 15.8. The highest BCUT2D eigenvalue weighted by atomic mass is 16.5. The largest absolute Gasteiger partial charge is 0.497 e. The Kier molecular flexibility index (Phi) is 6.29. The van der Waals surface area contributed by atoms with Gasteiger partial charge in [0.05, 0.1) is 13.5 Å². The van der Waals surface area contributed by atoms with Crippen molar-refractivity contribution >= 4 is 11.9 Å². The number of nitrogens with one attached hydrogen (secondary N) is 1. The molecule has 0 aliphatic rings. The Bertz CT molecular complexity index is 485. The summed E-state index contributed by atoms with van der Waals surface area (Å²) in [6, 6.07) is 6.23. The number of amides is 1. The fourth-order valence-corrected chi connectivity index (χ4v) is 1.76. The summed E-state index contributed by atoms with van der Waals surface area (Å²) in [7, 11) is 1.55. The molecule has 0 aromatic heterocycles. The molecule has 0 bridgehead atoms. The van der Waals surface area contributed by atoms with Gasteiger partial charge in [-0.05, 0) is 30.5 Å². The van der Waals surface area contributed by atoms with Gasteiger partial charge in [-0.15, -0.1) is 6.58 Å². The van der Waals surface area contributed by atoms with Crippen molar-refractivity contribution in [2.45, 2.75) is 25.3 Å². The van der Waals surface area contributed by atoms with Crippen LogP contribution in [0.1, 0.15) is 18.4 Å². The van der Waals surface area contributed by atoms with Crippen LogP contribution < -0.4 is 10.1 Å². The van der Waals surface area contributed by atoms with E-state index in [9.17, 15) is 9.59 Å². The maximum absolute atomic E-state index is 11.8. The Balaban J connectivity index is 2.60. The van der Waals surface area contributed by atoms with Gasteiger partial charge in [0, 0.05) is 0 Å². The molecule has 0 saturated heterocycles. The van der Waals surface area contributed by atoms with Crippen LogP contribution in [0.25, 0.3) is 0 Å². The van der Waals surface area contributed by atoms with E-state index in [2.05, 4.69) is 11.9 Å². The maximum atomic E-state index is 11.8. The zero-order valence-electron chi connectivity index (χ0n) is 11.5. The molecular weight excluding hydrogens is 258 g/mol. The SMILES string of the molecule is C=CCCC(NC(=O)Cc1cccc(OC)c1)C(=O)O. The van der Waals surface area contributed by atoms with Crippen molar-refractivity contribution in [1.82, 2.24) is 5.32 Å². The fourth-order valence-electron chi connectivity index (χ4n) is 1.76. The quantitative estimate of drug-likeness (QED) is 0.710. The number of carbonyl (C=O) groups excluding carboxylic acids is 1. The van der Waals surface area contributed by atoms with Crippen LogP contribution >= 0.6 is 0 Å². The van der Waals surface area contributed by atoms with E-state index in [1.165, 1.54) is 0 Å². The summed E-state index contributed by atoms with van der Waals surface area (Å²) in [5.74, 6) is -0.697. The van der Waals surface area contributed by atoms with Gasteiger partial charge in [-0.25, -0.2) is 4.79 Å². The van der Waals surface area contributed by atoms with Crippen LogP contribution in [0.15, 0.2) is 36.9 Å². The van der Waals surface area contributed by atoms with Crippen LogP contribution in [0.4, 0.5) is 0 Å². The van der Waals surface area contributed by atoms with Crippen LogP contribution in [0.5, 0.6) is 5.75 Å². The molecule has 0 spiro atoms. The van der Waals surface area contributed by atoms with Crippen molar-refractivity contribution < 1.29 is 19.4 Å². The third-order valence-corrected chi connectivity index (χ3v) is 2.79. The van der Waals surface area contributed by atoms with Gasteiger partial charge in [0.15, 0.2) is 0 Å². The number of ether oxygens (including phenoxy) is 1. The van der Waals surface area contributed by atoms with Crippen molar-refractivity contribution in [3.8, 4) is 5.75 Å². The molecule has 1 unspecified atom stereocenters. The minimum absolute atomic E-state index is 0.120. The summed E-state index contributed by atoms with van der Waals surface area (Å²) in [5, 5.41) is 11.5. The molecule has 5 nitrogen and oxygen atoms in total. The summed E-state index contributed by atoms with van der Waals surface area (Å²) in [6.45, 7) is 3.54. The second kappa shape index (κ2) is 7.99. The molecule has 1 rings (SSSR count). The molecule has 0 heterocycles. The number of allylic oxidation sites excluding steroid dienone is 1. The van der Waals surface area contributed by atoms with Crippen molar-refractivity contribution in [3.05, 3.63) is 42.5 Å². The molecule has 5 heteroatoms. The minimum atomic E-state index is -1.04. The number of carboxylic acid groups (broad SMARTS) is 1. The molecule has 1 aromatic carbocycles. The van der Waals surface area contributed by atoms with Crippen LogP contribution in [0.2, 0.25) is 0 Å². The van der Waals surface area contributed by atoms with Crippen LogP contribution in [0.3, 0.4) is 0 Å². The van der Waals surface area contributed by atoms with E-state index in [0.717, 1.165) is 5.56 Å². The van der Waals surface area contributed by atoms with E-state index >= 15 is 0 Å². The monoisotopic (exact) mass is 277 g/mol. The zero-order chi connectivity index (χ0) is 15.0. The highest BCUT2D eigenvalue weighted by Crippen LogP contribution is 2.13. The Morgan fingerprint density at radius 2 is 2.25 bits per heavy atom. The number of carboxylic acids is 1. The maximum Gasteiger partial charge on any atom is 0.326 e. The molecule has 2 N–H and O–H groups in total. The van der Waals surface area contributed by atoms with E-state index in [4.69, 9.17) is 9.84 Å². The molecule has 0 aliphatic heterocycles.